The number of hydrogen-bond acceptors (Lipinski definition) is 5. The topological polar surface area (TPSA) is 79.9 Å². The Morgan fingerprint density at radius 1 is 1.37 bits per heavy atom. The number of H-pyrrole nitrogens is 1. The lowest BCUT2D eigenvalue weighted by Crippen LogP contribution is -2.30. The molecular formula is C12H14N4O2S. The number of amides is 1. The largest absolute Gasteiger partial charge is 0.484 e. The van der Waals surface area contributed by atoms with Gasteiger partial charge in [-0.05, 0) is 12.1 Å². The monoisotopic (exact) mass is 278 g/mol. The van der Waals surface area contributed by atoms with E-state index in [9.17, 15) is 4.79 Å². The molecule has 1 amide bonds. The van der Waals surface area contributed by atoms with Gasteiger partial charge < -0.3 is 10.1 Å². The lowest BCUT2D eigenvalue weighted by Gasteiger charge is -2.06. The van der Waals surface area contributed by atoms with Crippen LogP contribution in [-0.4, -0.2) is 40.0 Å². The summed E-state index contributed by atoms with van der Waals surface area (Å²) >= 11 is 1.50. The minimum Gasteiger partial charge on any atom is -0.484 e. The summed E-state index contributed by atoms with van der Waals surface area (Å²) in [5, 5.41) is 9.98. The van der Waals surface area contributed by atoms with E-state index in [1.165, 1.54) is 18.1 Å². The van der Waals surface area contributed by atoms with E-state index < -0.39 is 0 Å². The first-order valence-corrected chi connectivity index (χ1v) is 6.76. The van der Waals surface area contributed by atoms with Gasteiger partial charge in [0.15, 0.2) is 11.8 Å². The van der Waals surface area contributed by atoms with Crippen LogP contribution in [0.5, 0.6) is 5.75 Å². The first-order chi connectivity index (χ1) is 9.34. The van der Waals surface area contributed by atoms with Crippen molar-refractivity contribution in [3.05, 3.63) is 36.7 Å². The molecule has 0 aliphatic heterocycles. The molecule has 0 aliphatic rings. The van der Waals surface area contributed by atoms with Gasteiger partial charge in [-0.1, -0.05) is 30.0 Å². The van der Waals surface area contributed by atoms with E-state index in [4.69, 9.17) is 4.74 Å². The summed E-state index contributed by atoms with van der Waals surface area (Å²) in [7, 11) is 0. The van der Waals surface area contributed by atoms with Gasteiger partial charge >= 0.3 is 0 Å². The van der Waals surface area contributed by atoms with E-state index in [0.29, 0.717) is 12.3 Å². The summed E-state index contributed by atoms with van der Waals surface area (Å²) in [6.45, 7) is 0.583. The zero-order chi connectivity index (χ0) is 13.3. The van der Waals surface area contributed by atoms with Crippen LogP contribution < -0.4 is 10.1 Å². The Bertz CT molecular complexity index is 490. The molecule has 1 heterocycles. The van der Waals surface area contributed by atoms with Crippen LogP contribution in [0.1, 0.15) is 0 Å². The molecule has 7 heteroatoms. The summed E-state index contributed by atoms with van der Waals surface area (Å²) in [5.74, 6) is 1.28. The average molecular weight is 278 g/mol. The number of aromatic nitrogens is 3. The Morgan fingerprint density at radius 2 is 2.21 bits per heavy atom. The van der Waals surface area contributed by atoms with E-state index >= 15 is 0 Å². The number of para-hydroxylation sites is 1. The summed E-state index contributed by atoms with van der Waals surface area (Å²) in [4.78, 5) is 15.5. The second-order valence-corrected chi connectivity index (χ2v) is 4.67. The van der Waals surface area contributed by atoms with Gasteiger partial charge in [-0.25, -0.2) is 4.98 Å². The highest BCUT2D eigenvalue weighted by Gasteiger charge is 2.02. The standard InChI is InChI=1S/C12H14N4O2S/c17-11(8-18-10-4-2-1-3-5-10)13-6-7-19-12-14-9-15-16-12/h1-5,9H,6-8H2,(H,13,17)(H,14,15,16). The minimum absolute atomic E-state index is 0.0248. The summed E-state index contributed by atoms with van der Waals surface area (Å²) in [6.07, 6.45) is 1.45. The van der Waals surface area contributed by atoms with Crippen molar-refractivity contribution in [1.82, 2.24) is 20.5 Å². The fraction of sp³-hybridized carbons (Fsp3) is 0.250. The predicted octanol–water partition coefficient (Wildman–Crippen LogP) is 1.09. The van der Waals surface area contributed by atoms with Crippen LogP contribution in [0.2, 0.25) is 0 Å². The maximum Gasteiger partial charge on any atom is 0.257 e. The molecule has 2 aromatic rings. The Hall–Kier alpha value is -2.02. The number of nitrogens with one attached hydrogen (secondary N) is 2. The molecule has 0 bridgehead atoms. The van der Waals surface area contributed by atoms with Crippen LogP contribution in [0.4, 0.5) is 0 Å². The molecule has 0 saturated carbocycles. The maximum atomic E-state index is 11.5. The van der Waals surface area contributed by atoms with E-state index in [1.807, 2.05) is 30.3 Å². The second-order valence-electron chi connectivity index (χ2n) is 3.59. The summed E-state index contributed by atoms with van der Waals surface area (Å²) in [6, 6.07) is 9.25. The van der Waals surface area contributed by atoms with E-state index in [0.717, 1.165) is 10.9 Å². The molecule has 0 unspecified atom stereocenters. The molecule has 1 aromatic carbocycles. The van der Waals surface area contributed by atoms with Crippen molar-refractivity contribution >= 4 is 17.7 Å². The van der Waals surface area contributed by atoms with Crippen molar-refractivity contribution in [2.24, 2.45) is 0 Å². The molecule has 0 spiro atoms. The fourth-order valence-electron chi connectivity index (χ4n) is 1.32. The van der Waals surface area contributed by atoms with E-state index in [1.54, 1.807) is 0 Å². The number of rotatable bonds is 7. The number of carbonyl (C=O) groups is 1. The van der Waals surface area contributed by atoms with Crippen molar-refractivity contribution in [1.29, 1.82) is 0 Å². The molecule has 2 rings (SSSR count). The first-order valence-electron chi connectivity index (χ1n) is 5.77. The van der Waals surface area contributed by atoms with E-state index in [2.05, 4.69) is 20.5 Å². The molecule has 0 saturated heterocycles. The number of aromatic amines is 1. The molecular weight excluding hydrogens is 264 g/mol. The molecule has 0 radical (unpaired) electrons. The van der Waals surface area contributed by atoms with Crippen LogP contribution in [-0.2, 0) is 4.79 Å². The summed E-state index contributed by atoms with van der Waals surface area (Å²) < 4.78 is 5.32. The lowest BCUT2D eigenvalue weighted by molar-refractivity contribution is -0.122. The van der Waals surface area contributed by atoms with Gasteiger partial charge in [0.2, 0.25) is 0 Å². The van der Waals surface area contributed by atoms with Gasteiger partial charge in [0, 0.05) is 12.3 Å². The molecule has 1 aromatic heterocycles. The lowest BCUT2D eigenvalue weighted by atomic mass is 10.3. The van der Waals surface area contributed by atoms with Gasteiger partial charge in [0.1, 0.15) is 12.1 Å². The van der Waals surface area contributed by atoms with Crippen molar-refractivity contribution in [2.75, 3.05) is 18.9 Å². The van der Waals surface area contributed by atoms with Crippen LogP contribution >= 0.6 is 11.8 Å². The van der Waals surface area contributed by atoms with Crippen molar-refractivity contribution in [3.8, 4) is 5.75 Å². The van der Waals surface area contributed by atoms with Crippen molar-refractivity contribution < 1.29 is 9.53 Å². The highest BCUT2D eigenvalue weighted by molar-refractivity contribution is 7.99. The molecule has 6 nitrogen and oxygen atoms in total. The Labute approximate surface area is 115 Å². The van der Waals surface area contributed by atoms with Crippen LogP contribution in [0, 0.1) is 0 Å². The Kier molecular flexibility index (Phi) is 5.24. The van der Waals surface area contributed by atoms with Crippen molar-refractivity contribution in [2.45, 2.75) is 5.16 Å². The zero-order valence-corrected chi connectivity index (χ0v) is 11.0. The van der Waals surface area contributed by atoms with Gasteiger partial charge in [0.05, 0.1) is 0 Å². The fourth-order valence-corrected chi connectivity index (χ4v) is 1.95. The molecule has 19 heavy (non-hydrogen) atoms. The van der Waals surface area contributed by atoms with Gasteiger partial charge in [-0.15, -0.1) is 0 Å². The SMILES string of the molecule is O=C(COc1ccccc1)NCCSc1ncn[nH]1. The molecule has 2 N–H and O–H groups in total. The third-order valence-electron chi connectivity index (χ3n) is 2.17. The molecule has 100 valence electrons. The Balaban J connectivity index is 1.57. The number of nitrogens with zero attached hydrogens (tertiary/aromatic N) is 2. The third-order valence-corrected chi connectivity index (χ3v) is 3.05. The number of hydrogen-bond donors (Lipinski definition) is 2. The van der Waals surface area contributed by atoms with Crippen molar-refractivity contribution in [3.63, 3.8) is 0 Å². The Morgan fingerprint density at radius 3 is 2.95 bits per heavy atom. The van der Waals surface area contributed by atoms with Gasteiger partial charge in [0.25, 0.3) is 5.91 Å². The number of thioether (sulfide) groups is 1. The average Bonchev–Trinajstić information content (AvgIpc) is 2.96. The number of carbonyl (C=O) groups excluding carboxylic acids is 1. The highest BCUT2D eigenvalue weighted by Crippen LogP contribution is 2.09. The quantitative estimate of drug-likeness (QED) is 0.585. The summed E-state index contributed by atoms with van der Waals surface area (Å²) in [5.41, 5.74) is 0. The van der Waals surface area contributed by atoms with Crippen LogP contribution in [0.25, 0.3) is 0 Å². The molecule has 0 aliphatic carbocycles. The van der Waals surface area contributed by atoms with Gasteiger partial charge in [-0.2, -0.15) is 5.10 Å². The second kappa shape index (κ2) is 7.42. The first kappa shape index (κ1) is 13.4. The maximum absolute atomic E-state index is 11.5. The van der Waals surface area contributed by atoms with Gasteiger partial charge in [-0.3, -0.25) is 9.89 Å². The van der Waals surface area contributed by atoms with Crippen LogP contribution in [0.15, 0.2) is 41.8 Å². The molecule has 0 fully saturated rings. The minimum atomic E-state index is -0.137. The van der Waals surface area contributed by atoms with E-state index in [-0.39, 0.29) is 12.5 Å². The zero-order valence-electron chi connectivity index (χ0n) is 10.2. The normalized spacial score (nSPS) is 10.1. The molecule has 0 atom stereocenters. The smallest absolute Gasteiger partial charge is 0.257 e. The third kappa shape index (κ3) is 5.01. The van der Waals surface area contributed by atoms with Crippen LogP contribution in [0.3, 0.4) is 0 Å². The predicted molar refractivity (Wildman–Crippen MR) is 72.1 cm³/mol. The highest BCUT2D eigenvalue weighted by atomic mass is 32.2. The number of benzene rings is 1. The number of ether oxygens (including phenoxy) is 1.